The Kier molecular flexibility index (Phi) is 3.09. The van der Waals surface area contributed by atoms with Crippen LogP contribution in [0.3, 0.4) is 0 Å². The van der Waals surface area contributed by atoms with E-state index in [4.69, 9.17) is 4.74 Å². The maximum Gasteiger partial charge on any atom is 0.133 e. The van der Waals surface area contributed by atoms with E-state index in [1.807, 2.05) is 6.33 Å². The van der Waals surface area contributed by atoms with Gasteiger partial charge in [0.1, 0.15) is 12.2 Å². The van der Waals surface area contributed by atoms with Crippen molar-refractivity contribution >= 4 is 0 Å². The summed E-state index contributed by atoms with van der Waals surface area (Å²) in [4.78, 5) is 0. The minimum Gasteiger partial charge on any atom is -0.383 e. The van der Waals surface area contributed by atoms with Crippen molar-refractivity contribution in [2.75, 3.05) is 13.7 Å². The molecule has 0 amide bonds. The smallest absolute Gasteiger partial charge is 0.133 e. The molecule has 0 N–H and O–H groups in total. The van der Waals surface area contributed by atoms with Crippen molar-refractivity contribution < 1.29 is 4.74 Å². The summed E-state index contributed by atoms with van der Waals surface area (Å²) in [6.07, 6.45) is 11.9. The van der Waals surface area contributed by atoms with Gasteiger partial charge in [-0.2, -0.15) is 0 Å². The van der Waals surface area contributed by atoms with Crippen LogP contribution in [0.1, 0.15) is 44.3 Å². The number of hydrogen-bond acceptors (Lipinski definition) is 3. The first-order chi connectivity index (χ1) is 9.76. The minimum atomic E-state index is 0.548. The van der Waals surface area contributed by atoms with E-state index in [9.17, 15) is 0 Å². The Morgan fingerprint density at radius 2 is 1.85 bits per heavy atom. The van der Waals surface area contributed by atoms with Crippen LogP contribution in [0.2, 0.25) is 0 Å². The van der Waals surface area contributed by atoms with Crippen molar-refractivity contribution in [3.63, 3.8) is 0 Å². The molecule has 0 atom stereocenters. The van der Waals surface area contributed by atoms with Crippen LogP contribution >= 0.6 is 0 Å². The molecule has 0 aromatic carbocycles. The van der Waals surface area contributed by atoms with Gasteiger partial charge >= 0.3 is 0 Å². The van der Waals surface area contributed by atoms with Crippen LogP contribution in [-0.4, -0.2) is 28.5 Å². The van der Waals surface area contributed by atoms with Crippen LogP contribution in [0.5, 0.6) is 0 Å². The number of rotatable bonds is 5. The summed E-state index contributed by atoms with van der Waals surface area (Å²) < 4.78 is 7.38. The second-order valence-electron chi connectivity index (χ2n) is 7.53. The Labute approximate surface area is 120 Å². The number of nitrogens with zero attached hydrogens (tertiary/aromatic N) is 3. The van der Waals surface area contributed by atoms with Gasteiger partial charge in [0.2, 0.25) is 0 Å². The van der Waals surface area contributed by atoms with Gasteiger partial charge in [-0.05, 0) is 61.7 Å². The fourth-order valence-corrected chi connectivity index (χ4v) is 5.63. The first-order valence-corrected chi connectivity index (χ1v) is 8.12. The molecular weight excluding hydrogens is 250 g/mol. The average Bonchev–Trinajstić information content (AvgIpc) is 2.81. The molecule has 4 fully saturated rings. The molecule has 1 aromatic heterocycles. The van der Waals surface area contributed by atoms with E-state index in [-0.39, 0.29) is 0 Å². The van der Waals surface area contributed by atoms with Crippen molar-refractivity contribution in [1.82, 2.24) is 14.8 Å². The highest BCUT2D eigenvalue weighted by Crippen LogP contribution is 2.60. The predicted octanol–water partition coefficient (Wildman–Crippen LogP) is 2.68. The SMILES string of the molecule is COCCn1cnnc1CC12CC3CC(CC(C3)C1)C2. The zero-order valence-electron chi connectivity index (χ0n) is 12.4. The molecule has 4 bridgehead atoms. The third-order valence-corrected chi connectivity index (χ3v) is 5.93. The van der Waals surface area contributed by atoms with Crippen LogP contribution < -0.4 is 0 Å². The van der Waals surface area contributed by atoms with Gasteiger partial charge < -0.3 is 9.30 Å². The lowest BCUT2D eigenvalue weighted by Gasteiger charge is -2.56. The van der Waals surface area contributed by atoms with Crippen molar-refractivity contribution in [1.29, 1.82) is 0 Å². The zero-order chi connectivity index (χ0) is 13.6. The molecule has 110 valence electrons. The first-order valence-electron chi connectivity index (χ1n) is 8.12. The van der Waals surface area contributed by atoms with Gasteiger partial charge in [-0.1, -0.05) is 0 Å². The molecule has 4 nitrogen and oxygen atoms in total. The molecule has 4 aliphatic rings. The van der Waals surface area contributed by atoms with E-state index in [0.717, 1.165) is 37.3 Å². The summed E-state index contributed by atoms with van der Waals surface area (Å²) in [5, 5.41) is 8.53. The Hall–Kier alpha value is -0.900. The maximum atomic E-state index is 5.19. The van der Waals surface area contributed by atoms with Crippen LogP contribution in [0.4, 0.5) is 0 Å². The average molecular weight is 275 g/mol. The van der Waals surface area contributed by atoms with E-state index >= 15 is 0 Å². The fraction of sp³-hybridized carbons (Fsp3) is 0.875. The molecule has 20 heavy (non-hydrogen) atoms. The lowest BCUT2D eigenvalue weighted by molar-refractivity contribution is -0.0536. The van der Waals surface area contributed by atoms with Crippen LogP contribution in [0.15, 0.2) is 6.33 Å². The predicted molar refractivity (Wildman–Crippen MR) is 76.2 cm³/mol. The van der Waals surface area contributed by atoms with Crippen molar-refractivity contribution in [2.24, 2.45) is 23.2 Å². The molecule has 5 rings (SSSR count). The van der Waals surface area contributed by atoms with Crippen molar-refractivity contribution in [3.05, 3.63) is 12.2 Å². The number of ether oxygens (including phenoxy) is 1. The minimum absolute atomic E-state index is 0.548. The van der Waals surface area contributed by atoms with Crippen molar-refractivity contribution in [2.45, 2.75) is 51.5 Å². The van der Waals surface area contributed by atoms with Gasteiger partial charge in [0.15, 0.2) is 0 Å². The van der Waals surface area contributed by atoms with Gasteiger partial charge in [-0.25, -0.2) is 0 Å². The second kappa shape index (κ2) is 4.83. The van der Waals surface area contributed by atoms with E-state index in [0.29, 0.717) is 5.41 Å². The highest BCUT2D eigenvalue weighted by Gasteiger charge is 2.51. The maximum absolute atomic E-state index is 5.19. The number of hydrogen-bond donors (Lipinski definition) is 0. The topological polar surface area (TPSA) is 39.9 Å². The molecule has 0 unspecified atom stereocenters. The molecule has 1 heterocycles. The van der Waals surface area contributed by atoms with Gasteiger partial charge in [0.25, 0.3) is 0 Å². The summed E-state index contributed by atoms with van der Waals surface area (Å²) in [6, 6.07) is 0. The highest BCUT2D eigenvalue weighted by atomic mass is 16.5. The largest absolute Gasteiger partial charge is 0.383 e. The molecule has 0 radical (unpaired) electrons. The zero-order valence-corrected chi connectivity index (χ0v) is 12.4. The lowest BCUT2D eigenvalue weighted by Crippen LogP contribution is -2.47. The summed E-state index contributed by atoms with van der Waals surface area (Å²) in [5.41, 5.74) is 0.548. The summed E-state index contributed by atoms with van der Waals surface area (Å²) in [6.45, 7) is 1.62. The second-order valence-corrected chi connectivity index (χ2v) is 7.53. The Bertz CT molecular complexity index is 447. The normalized spacial score (nSPS) is 38.5. The quantitative estimate of drug-likeness (QED) is 0.829. The Morgan fingerprint density at radius 1 is 1.20 bits per heavy atom. The first kappa shape index (κ1) is 12.8. The lowest BCUT2D eigenvalue weighted by atomic mass is 9.49. The Balaban J connectivity index is 1.52. The third-order valence-electron chi connectivity index (χ3n) is 5.93. The molecule has 0 aliphatic heterocycles. The van der Waals surface area contributed by atoms with E-state index in [2.05, 4.69) is 14.8 Å². The van der Waals surface area contributed by atoms with E-state index in [1.54, 1.807) is 7.11 Å². The molecule has 4 saturated carbocycles. The highest BCUT2D eigenvalue weighted by molar-refractivity contribution is 5.05. The van der Waals surface area contributed by atoms with Crippen LogP contribution in [-0.2, 0) is 17.7 Å². The van der Waals surface area contributed by atoms with E-state index in [1.165, 1.54) is 44.3 Å². The summed E-state index contributed by atoms with van der Waals surface area (Å²) >= 11 is 0. The molecule has 0 saturated heterocycles. The van der Waals surface area contributed by atoms with Gasteiger partial charge in [-0.15, -0.1) is 10.2 Å². The van der Waals surface area contributed by atoms with Gasteiger partial charge in [0.05, 0.1) is 6.61 Å². The fourth-order valence-electron chi connectivity index (χ4n) is 5.63. The van der Waals surface area contributed by atoms with Gasteiger partial charge in [0, 0.05) is 20.1 Å². The number of methoxy groups -OCH3 is 1. The molecular formula is C16H25N3O. The third kappa shape index (κ3) is 2.18. The summed E-state index contributed by atoms with van der Waals surface area (Å²) in [5.74, 6) is 4.22. The molecule has 1 aromatic rings. The molecule has 4 aliphatic carbocycles. The number of aromatic nitrogens is 3. The van der Waals surface area contributed by atoms with Crippen molar-refractivity contribution in [3.8, 4) is 0 Å². The van der Waals surface area contributed by atoms with E-state index < -0.39 is 0 Å². The standard InChI is InChI=1S/C16H25N3O/c1-20-3-2-19-11-17-18-15(19)10-16-7-12-4-13(8-16)6-14(5-12)9-16/h11-14H,2-10H2,1H3. The van der Waals surface area contributed by atoms with Crippen LogP contribution in [0.25, 0.3) is 0 Å². The molecule has 0 spiro atoms. The summed E-state index contributed by atoms with van der Waals surface area (Å²) in [7, 11) is 1.75. The van der Waals surface area contributed by atoms with Gasteiger partial charge in [-0.3, -0.25) is 0 Å². The molecule has 4 heteroatoms. The van der Waals surface area contributed by atoms with Crippen LogP contribution in [0, 0.1) is 23.2 Å². The monoisotopic (exact) mass is 275 g/mol. The Morgan fingerprint density at radius 3 is 2.45 bits per heavy atom.